The van der Waals surface area contributed by atoms with Crippen LogP contribution in [0.25, 0.3) is 0 Å². The Balaban J connectivity index is 3.32. The lowest BCUT2D eigenvalue weighted by Gasteiger charge is -2.07. The van der Waals surface area contributed by atoms with Gasteiger partial charge in [-0.3, -0.25) is 0 Å². The van der Waals surface area contributed by atoms with Crippen LogP contribution < -0.4 is 0 Å². The van der Waals surface area contributed by atoms with Crippen molar-refractivity contribution in [2.75, 3.05) is 7.11 Å². The lowest BCUT2D eigenvalue weighted by molar-refractivity contribution is 0.0598. The summed E-state index contributed by atoms with van der Waals surface area (Å²) in [5, 5.41) is 0. The smallest absolute Gasteiger partial charge is 0.339 e. The van der Waals surface area contributed by atoms with E-state index in [-0.39, 0.29) is 5.97 Å². The Kier molecular flexibility index (Phi) is 2.99. The molecular formula is C11H17NO2. The maximum absolute atomic E-state index is 11.5. The second kappa shape index (κ2) is 3.86. The van der Waals surface area contributed by atoms with Gasteiger partial charge in [0.05, 0.1) is 12.7 Å². The predicted molar refractivity (Wildman–Crippen MR) is 55.7 cm³/mol. The van der Waals surface area contributed by atoms with Crippen LogP contribution in [0.5, 0.6) is 0 Å². The summed E-state index contributed by atoms with van der Waals surface area (Å²) in [4.78, 5) is 14.7. The van der Waals surface area contributed by atoms with E-state index in [4.69, 9.17) is 4.74 Å². The van der Waals surface area contributed by atoms with Gasteiger partial charge >= 0.3 is 5.97 Å². The standard InChI is InChI=1S/C11H17NO2/c1-6(2)9-7(3)12-8(4)10(9)11(13)14-5/h6,12H,1-5H3. The number of methoxy groups -OCH3 is 1. The number of ether oxygens (including phenoxy) is 1. The quantitative estimate of drug-likeness (QED) is 0.737. The van der Waals surface area contributed by atoms with Crippen molar-refractivity contribution in [1.82, 2.24) is 4.98 Å². The van der Waals surface area contributed by atoms with Crippen molar-refractivity contribution < 1.29 is 9.53 Å². The lowest BCUT2D eigenvalue weighted by atomic mass is 9.98. The average Bonchev–Trinajstić information content (AvgIpc) is 2.39. The summed E-state index contributed by atoms with van der Waals surface area (Å²) in [6.45, 7) is 8.02. The first kappa shape index (κ1) is 10.8. The van der Waals surface area contributed by atoms with Crippen LogP contribution in [-0.2, 0) is 4.74 Å². The van der Waals surface area contributed by atoms with Crippen LogP contribution in [0, 0.1) is 13.8 Å². The number of aromatic nitrogens is 1. The Bertz CT molecular complexity index is 350. The van der Waals surface area contributed by atoms with E-state index in [9.17, 15) is 4.79 Å². The normalized spacial score (nSPS) is 10.7. The van der Waals surface area contributed by atoms with E-state index in [1.54, 1.807) is 0 Å². The highest BCUT2D eigenvalue weighted by atomic mass is 16.5. The fourth-order valence-corrected chi connectivity index (χ4v) is 1.89. The first-order valence-corrected chi connectivity index (χ1v) is 4.76. The molecule has 0 aromatic carbocycles. The van der Waals surface area contributed by atoms with E-state index in [0.29, 0.717) is 11.5 Å². The van der Waals surface area contributed by atoms with Crippen molar-refractivity contribution in [3.63, 3.8) is 0 Å². The molecule has 0 fully saturated rings. The minimum atomic E-state index is -0.254. The van der Waals surface area contributed by atoms with Gasteiger partial charge in [-0.25, -0.2) is 4.79 Å². The van der Waals surface area contributed by atoms with Gasteiger partial charge in [0, 0.05) is 11.4 Å². The van der Waals surface area contributed by atoms with Crippen molar-refractivity contribution in [2.45, 2.75) is 33.6 Å². The zero-order valence-electron chi connectivity index (χ0n) is 9.39. The molecule has 0 unspecified atom stereocenters. The number of hydrogen-bond donors (Lipinski definition) is 1. The van der Waals surface area contributed by atoms with E-state index < -0.39 is 0 Å². The fourth-order valence-electron chi connectivity index (χ4n) is 1.89. The molecule has 3 heteroatoms. The molecule has 0 saturated carbocycles. The van der Waals surface area contributed by atoms with E-state index in [2.05, 4.69) is 18.8 Å². The summed E-state index contributed by atoms with van der Waals surface area (Å²) in [5.41, 5.74) is 3.70. The van der Waals surface area contributed by atoms with E-state index in [1.807, 2.05) is 13.8 Å². The van der Waals surface area contributed by atoms with Crippen LogP contribution in [0.3, 0.4) is 0 Å². The maximum Gasteiger partial charge on any atom is 0.339 e. The van der Waals surface area contributed by atoms with E-state index in [0.717, 1.165) is 17.0 Å². The summed E-state index contributed by atoms with van der Waals surface area (Å²) in [7, 11) is 1.41. The SMILES string of the molecule is COC(=O)c1c(C)[nH]c(C)c1C(C)C. The minimum Gasteiger partial charge on any atom is -0.465 e. The molecule has 14 heavy (non-hydrogen) atoms. The number of esters is 1. The zero-order valence-corrected chi connectivity index (χ0v) is 9.39. The van der Waals surface area contributed by atoms with Crippen molar-refractivity contribution in [3.05, 3.63) is 22.5 Å². The molecule has 1 N–H and O–H groups in total. The topological polar surface area (TPSA) is 42.1 Å². The third-order valence-electron chi connectivity index (χ3n) is 2.39. The van der Waals surface area contributed by atoms with Crippen LogP contribution in [0.1, 0.15) is 47.1 Å². The van der Waals surface area contributed by atoms with Crippen LogP contribution in [-0.4, -0.2) is 18.1 Å². The maximum atomic E-state index is 11.5. The summed E-state index contributed by atoms with van der Waals surface area (Å²) in [6, 6.07) is 0. The molecule has 0 bridgehead atoms. The number of hydrogen-bond acceptors (Lipinski definition) is 2. The predicted octanol–water partition coefficient (Wildman–Crippen LogP) is 2.54. The number of nitrogens with one attached hydrogen (secondary N) is 1. The highest BCUT2D eigenvalue weighted by molar-refractivity contribution is 5.93. The fraction of sp³-hybridized carbons (Fsp3) is 0.545. The summed E-state index contributed by atoms with van der Waals surface area (Å²) >= 11 is 0. The molecule has 0 aliphatic heterocycles. The Morgan fingerprint density at radius 2 is 1.86 bits per heavy atom. The lowest BCUT2D eigenvalue weighted by Crippen LogP contribution is -2.06. The third-order valence-corrected chi connectivity index (χ3v) is 2.39. The van der Waals surface area contributed by atoms with Gasteiger partial charge in [0.1, 0.15) is 0 Å². The highest BCUT2D eigenvalue weighted by Gasteiger charge is 2.21. The second-order valence-electron chi connectivity index (χ2n) is 3.81. The van der Waals surface area contributed by atoms with Gasteiger partial charge in [0.15, 0.2) is 0 Å². The molecular weight excluding hydrogens is 178 g/mol. The van der Waals surface area contributed by atoms with Gasteiger partial charge in [0.25, 0.3) is 0 Å². The molecule has 0 aliphatic carbocycles. The van der Waals surface area contributed by atoms with Crippen LogP contribution >= 0.6 is 0 Å². The first-order chi connectivity index (χ1) is 6.49. The third kappa shape index (κ3) is 1.67. The van der Waals surface area contributed by atoms with E-state index >= 15 is 0 Å². The summed E-state index contributed by atoms with van der Waals surface area (Å²) in [6.07, 6.45) is 0. The Hall–Kier alpha value is -1.25. The van der Waals surface area contributed by atoms with Gasteiger partial charge in [-0.2, -0.15) is 0 Å². The number of aryl methyl sites for hydroxylation is 2. The molecule has 0 saturated heterocycles. The van der Waals surface area contributed by atoms with Gasteiger partial charge in [-0.1, -0.05) is 13.8 Å². The first-order valence-electron chi connectivity index (χ1n) is 4.76. The average molecular weight is 195 g/mol. The molecule has 1 aromatic heterocycles. The highest BCUT2D eigenvalue weighted by Crippen LogP contribution is 2.26. The van der Waals surface area contributed by atoms with Gasteiger partial charge in [-0.05, 0) is 25.3 Å². The summed E-state index contributed by atoms with van der Waals surface area (Å²) < 4.78 is 4.76. The van der Waals surface area contributed by atoms with Gasteiger partial charge in [0.2, 0.25) is 0 Å². The monoisotopic (exact) mass is 195 g/mol. The van der Waals surface area contributed by atoms with Gasteiger partial charge < -0.3 is 9.72 Å². The molecule has 0 atom stereocenters. The zero-order chi connectivity index (χ0) is 10.9. The minimum absolute atomic E-state index is 0.254. The number of aromatic amines is 1. The van der Waals surface area contributed by atoms with Crippen LogP contribution in [0.15, 0.2) is 0 Å². The van der Waals surface area contributed by atoms with Crippen LogP contribution in [0.4, 0.5) is 0 Å². The number of carbonyl (C=O) groups excluding carboxylic acids is 1. The Morgan fingerprint density at radius 3 is 2.29 bits per heavy atom. The second-order valence-corrected chi connectivity index (χ2v) is 3.81. The Morgan fingerprint density at radius 1 is 1.29 bits per heavy atom. The number of rotatable bonds is 2. The van der Waals surface area contributed by atoms with Gasteiger partial charge in [-0.15, -0.1) is 0 Å². The largest absolute Gasteiger partial charge is 0.465 e. The molecule has 78 valence electrons. The molecule has 0 spiro atoms. The molecule has 1 rings (SSSR count). The number of carbonyl (C=O) groups is 1. The molecule has 0 aliphatic rings. The van der Waals surface area contributed by atoms with Crippen molar-refractivity contribution in [1.29, 1.82) is 0 Å². The Labute approximate surface area is 84.5 Å². The number of H-pyrrole nitrogens is 1. The van der Waals surface area contributed by atoms with E-state index in [1.165, 1.54) is 7.11 Å². The van der Waals surface area contributed by atoms with Crippen molar-refractivity contribution >= 4 is 5.97 Å². The van der Waals surface area contributed by atoms with Crippen molar-refractivity contribution in [2.24, 2.45) is 0 Å². The molecule has 1 heterocycles. The molecule has 3 nitrogen and oxygen atoms in total. The van der Waals surface area contributed by atoms with Crippen LogP contribution in [0.2, 0.25) is 0 Å². The molecule has 0 amide bonds. The molecule has 1 aromatic rings. The summed E-state index contributed by atoms with van der Waals surface area (Å²) in [5.74, 6) is 0.0737. The molecule has 0 radical (unpaired) electrons. The van der Waals surface area contributed by atoms with Crippen molar-refractivity contribution in [3.8, 4) is 0 Å².